The molecule has 0 aliphatic carbocycles. The molecule has 17 heavy (non-hydrogen) atoms. The van der Waals surface area contributed by atoms with Crippen LogP contribution in [0.25, 0.3) is 0 Å². The maximum absolute atomic E-state index is 12.0. The summed E-state index contributed by atoms with van der Waals surface area (Å²) in [6.07, 6.45) is 5.64. The molecule has 2 heterocycles. The van der Waals surface area contributed by atoms with Crippen molar-refractivity contribution < 1.29 is 9.90 Å². The molecule has 5 heteroatoms. The quantitative estimate of drug-likeness (QED) is 0.839. The van der Waals surface area contributed by atoms with Gasteiger partial charge in [-0.3, -0.25) is 9.48 Å². The van der Waals surface area contributed by atoms with Crippen molar-refractivity contribution in [3.8, 4) is 0 Å². The Labute approximate surface area is 101 Å². The lowest BCUT2D eigenvalue weighted by Gasteiger charge is -2.36. The fraction of sp³-hybridized carbons (Fsp3) is 0.667. The van der Waals surface area contributed by atoms with Gasteiger partial charge in [0, 0.05) is 38.4 Å². The van der Waals surface area contributed by atoms with Gasteiger partial charge in [-0.15, -0.1) is 0 Å². The number of β-amino-alcohol motifs (C(OH)–C–C–N with tert-alkyl or cyclic N) is 1. The number of aromatic nitrogens is 2. The second-order valence-electron chi connectivity index (χ2n) is 4.93. The zero-order valence-corrected chi connectivity index (χ0v) is 10.2. The van der Waals surface area contributed by atoms with Gasteiger partial charge in [-0.1, -0.05) is 0 Å². The first kappa shape index (κ1) is 12.1. The van der Waals surface area contributed by atoms with E-state index < -0.39 is 5.60 Å². The number of aryl methyl sites for hydroxylation is 1. The average molecular weight is 237 g/mol. The van der Waals surface area contributed by atoms with Crippen molar-refractivity contribution in [3.05, 3.63) is 18.5 Å². The number of carbonyl (C=O) groups is 1. The topological polar surface area (TPSA) is 58.4 Å². The lowest BCUT2D eigenvalue weighted by Crippen LogP contribution is -2.48. The zero-order chi connectivity index (χ0) is 12.3. The highest BCUT2D eigenvalue weighted by molar-refractivity contribution is 5.76. The Morgan fingerprint density at radius 1 is 1.59 bits per heavy atom. The molecule has 1 aliphatic heterocycles. The van der Waals surface area contributed by atoms with Gasteiger partial charge in [0.25, 0.3) is 0 Å². The summed E-state index contributed by atoms with van der Waals surface area (Å²) in [6, 6.07) is 1.84. The maximum atomic E-state index is 12.0. The van der Waals surface area contributed by atoms with Crippen LogP contribution in [0.4, 0.5) is 0 Å². The molecule has 1 aromatic rings. The van der Waals surface area contributed by atoms with Crippen molar-refractivity contribution in [2.24, 2.45) is 0 Å². The van der Waals surface area contributed by atoms with Gasteiger partial charge < -0.3 is 10.0 Å². The van der Waals surface area contributed by atoms with Gasteiger partial charge in [0.15, 0.2) is 0 Å². The van der Waals surface area contributed by atoms with Crippen LogP contribution in [0.15, 0.2) is 18.5 Å². The molecule has 94 valence electrons. The largest absolute Gasteiger partial charge is 0.388 e. The van der Waals surface area contributed by atoms with Gasteiger partial charge in [-0.2, -0.15) is 5.10 Å². The molecular weight excluding hydrogens is 218 g/mol. The number of piperidine rings is 1. The lowest BCUT2D eigenvalue weighted by molar-refractivity contribution is -0.137. The molecule has 1 N–H and O–H groups in total. The Kier molecular flexibility index (Phi) is 3.47. The molecule has 5 nitrogen and oxygen atoms in total. The second kappa shape index (κ2) is 4.87. The molecule has 0 radical (unpaired) electrons. The smallest absolute Gasteiger partial charge is 0.224 e. The van der Waals surface area contributed by atoms with Crippen LogP contribution >= 0.6 is 0 Å². The third kappa shape index (κ3) is 3.30. The van der Waals surface area contributed by atoms with E-state index in [2.05, 4.69) is 5.10 Å². The summed E-state index contributed by atoms with van der Waals surface area (Å²) in [5, 5.41) is 14.0. The van der Waals surface area contributed by atoms with Crippen molar-refractivity contribution in [1.82, 2.24) is 14.7 Å². The van der Waals surface area contributed by atoms with Crippen molar-refractivity contribution in [1.29, 1.82) is 0 Å². The summed E-state index contributed by atoms with van der Waals surface area (Å²) in [5.74, 6) is 0.0977. The molecule has 2 rings (SSSR count). The Morgan fingerprint density at radius 2 is 2.41 bits per heavy atom. The van der Waals surface area contributed by atoms with Crippen molar-refractivity contribution in [2.45, 2.75) is 38.3 Å². The highest BCUT2D eigenvalue weighted by Crippen LogP contribution is 2.20. The Balaban J connectivity index is 1.83. The third-order valence-corrected chi connectivity index (χ3v) is 3.14. The molecule has 1 aromatic heterocycles. The predicted octanol–water partition coefficient (Wildman–Crippen LogP) is 0.647. The molecule has 1 aliphatic rings. The minimum Gasteiger partial charge on any atom is -0.388 e. The average Bonchev–Trinajstić information content (AvgIpc) is 2.77. The Morgan fingerprint density at radius 3 is 3.06 bits per heavy atom. The summed E-state index contributed by atoms with van der Waals surface area (Å²) in [4.78, 5) is 13.7. The van der Waals surface area contributed by atoms with E-state index in [1.165, 1.54) is 0 Å². The Bertz CT molecular complexity index is 373. The molecular formula is C12H19N3O2. The number of hydrogen-bond acceptors (Lipinski definition) is 3. The first-order valence-corrected chi connectivity index (χ1v) is 6.04. The van der Waals surface area contributed by atoms with Crippen LogP contribution in [0, 0.1) is 0 Å². The molecule has 1 saturated heterocycles. The van der Waals surface area contributed by atoms with Crippen LogP contribution in [-0.2, 0) is 11.3 Å². The van der Waals surface area contributed by atoms with E-state index in [9.17, 15) is 9.90 Å². The first-order valence-electron chi connectivity index (χ1n) is 6.04. The minimum atomic E-state index is -0.723. The second-order valence-corrected chi connectivity index (χ2v) is 4.93. The van der Waals surface area contributed by atoms with Crippen LogP contribution in [0.2, 0.25) is 0 Å². The molecule has 1 atom stereocenters. The number of aliphatic hydroxyl groups is 1. The highest BCUT2D eigenvalue weighted by atomic mass is 16.3. The summed E-state index contributed by atoms with van der Waals surface area (Å²) in [5.41, 5.74) is -0.723. The molecule has 1 fully saturated rings. The maximum Gasteiger partial charge on any atom is 0.224 e. The number of hydrogen-bond donors (Lipinski definition) is 1. The van der Waals surface area contributed by atoms with Crippen molar-refractivity contribution in [3.63, 3.8) is 0 Å². The van der Waals surface area contributed by atoms with E-state index in [0.29, 0.717) is 19.5 Å². The fourth-order valence-electron chi connectivity index (χ4n) is 2.23. The molecule has 0 spiro atoms. The van der Waals surface area contributed by atoms with Gasteiger partial charge in [-0.05, 0) is 25.8 Å². The van der Waals surface area contributed by atoms with Gasteiger partial charge in [-0.25, -0.2) is 0 Å². The van der Waals surface area contributed by atoms with Crippen LogP contribution in [0.1, 0.15) is 26.2 Å². The van der Waals surface area contributed by atoms with E-state index in [0.717, 1.165) is 19.4 Å². The first-order chi connectivity index (χ1) is 8.07. The molecule has 0 bridgehead atoms. The van der Waals surface area contributed by atoms with Gasteiger partial charge in [0.2, 0.25) is 5.91 Å². The SMILES string of the molecule is CC1(O)CCCN(C(=O)CCn2cccn2)C1. The molecule has 1 unspecified atom stereocenters. The predicted molar refractivity (Wildman–Crippen MR) is 63.3 cm³/mol. The van der Waals surface area contributed by atoms with Crippen LogP contribution in [-0.4, -0.2) is 44.4 Å². The van der Waals surface area contributed by atoms with E-state index in [-0.39, 0.29) is 5.91 Å². The van der Waals surface area contributed by atoms with Crippen molar-refractivity contribution >= 4 is 5.91 Å². The van der Waals surface area contributed by atoms with E-state index in [4.69, 9.17) is 0 Å². The number of likely N-dealkylation sites (tertiary alicyclic amines) is 1. The lowest BCUT2D eigenvalue weighted by atomic mass is 9.95. The number of nitrogens with zero attached hydrogens (tertiary/aromatic N) is 3. The van der Waals surface area contributed by atoms with Crippen LogP contribution in [0.5, 0.6) is 0 Å². The number of carbonyl (C=O) groups excluding carboxylic acids is 1. The van der Waals surface area contributed by atoms with Crippen LogP contribution < -0.4 is 0 Å². The van der Waals surface area contributed by atoms with Crippen LogP contribution in [0.3, 0.4) is 0 Å². The number of amides is 1. The van der Waals surface area contributed by atoms with Gasteiger partial charge >= 0.3 is 0 Å². The molecule has 0 aromatic carbocycles. The third-order valence-electron chi connectivity index (χ3n) is 3.14. The minimum absolute atomic E-state index is 0.0977. The van der Waals surface area contributed by atoms with E-state index in [1.807, 2.05) is 12.3 Å². The van der Waals surface area contributed by atoms with E-state index in [1.54, 1.807) is 22.7 Å². The van der Waals surface area contributed by atoms with Gasteiger partial charge in [0.05, 0.1) is 5.60 Å². The van der Waals surface area contributed by atoms with Crippen molar-refractivity contribution in [2.75, 3.05) is 13.1 Å². The standard InChI is InChI=1S/C12H19N3O2/c1-12(17)5-2-7-14(10-12)11(16)4-9-15-8-3-6-13-15/h3,6,8,17H,2,4-5,7,9-10H2,1H3. The molecule has 0 saturated carbocycles. The summed E-state index contributed by atoms with van der Waals surface area (Å²) < 4.78 is 1.75. The summed E-state index contributed by atoms with van der Waals surface area (Å²) in [7, 11) is 0. The van der Waals surface area contributed by atoms with Gasteiger partial charge in [0.1, 0.15) is 0 Å². The summed E-state index contributed by atoms with van der Waals surface area (Å²) >= 11 is 0. The molecule has 1 amide bonds. The number of rotatable bonds is 3. The van der Waals surface area contributed by atoms with E-state index >= 15 is 0 Å². The summed E-state index contributed by atoms with van der Waals surface area (Å²) in [6.45, 7) is 3.60. The highest BCUT2D eigenvalue weighted by Gasteiger charge is 2.30. The zero-order valence-electron chi connectivity index (χ0n) is 10.2. The normalized spacial score (nSPS) is 24.9. The monoisotopic (exact) mass is 237 g/mol. The fourth-order valence-corrected chi connectivity index (χ4v) is 2.23. The Hall–Kier alpha value is -1.36.